The average molecular weight is 430 g/mol. The molecule has 1 aliphatic rings. The van der Waals surface area contributed by atoms with Crippen LogP contribution in [0.3, 0.4) is 0 Å². The van der Waals surface area contributed by atoms with Gasteiger partial charge >= 0.3 is 0 Å². The zero-order chi connectivity index (χ0) is 21.2. The Morgan fingerprint density at radius 1 is 1.13 bits per heavy atom. The summed E-state index contributed by atoms with van der Waals surface area (Å²) in [7, 11) is 0. The predicted molar refractivity (Wildman–Crippen MR) is 125 cm³/mol. The van der Waals surface area contributed by atoms with Crippen molar-refractivity contribution in [1.29, 1.82) is 0 Å². The van der Waals surface area contributed by atoms with Gasteiger partial charge in [-0.1, -0.05) is 36.4 Å². The molecule has 6 nitrogen and oxygen atoms in total. The number of carbonyl (C=O) groups is 1. The highest BCUT2D eigenvalue weighted by molar-refractivity contribution is 7.17. The Balaban J connectivity index is 1.43. The first-order valence-corrected chi connectivity index (χ1v) is 11.3. The van der Waals surface area contributed by atoms with Crippen LogP contribution in [-0.2, 0) is 4.79 Å². The van der Waals surface area contributed by atoms with Gasteiger partial charge in [-0.3, -0.25) is 4.79 Å². The van der Waals surface area contributed by atoms with E-state index in [1.165, 1.54) is 0 Å². The van der Waals surface area contributed by atoms with Crippen molar-refractivity contribution in [3.05, 3.63) is 65.9 Å². The van der Waals surface area contributed by atoms with Crippen LogP contribution in [0.2, 0.25) is 0 Å². The molecular weight excluding hydrogens is 406 g/mol. The van der Waals surface area contributed by atoms with Crippen LogP contribution in [0.4, 0.5) is 11.6 Å². The Labute approximate surface area is 185 Å². The molecule has 1 unspecified atom stereocenters. The Hall–Kier alpha value is -3.32. The lowest BCUT2D eigenvalue weighted by Crippen LogP contribution is -2.41. The number of aryl methyl sites for hydroxylation is 1. The lowest BCUT2D eigenvalue weighted by Gasteiger charge is -2.33. The second-order valence-electron chi connectivity index (χ2n) is 7.83. The smallest absolute Gasteiger partial charge is 0.230 e. The largest absolute Gasteiger partial charge is 0.355 e. The minimum absolute atomic E-state index is 0.0155. The van der Waals surface area contributed by atoms with E-state index in [0.29, 0.717) is 12.4 Å². The summed E-state index contributed by atoms with van der Waals surface area (Å²) in [6.45, 7) is 3.43. The molecule has 1 N–H and O–H groups in total. The van der Waals surface area contributed by atoms with Crippen molar-refractivity contribution in [2.75, 3.05) is 23.3 Å². The van der Waals surface area contributed by atoms with Gasteiger partial charge in [0.25, 0.3) is 0 Å². The molecule has 5 rings (SSSR count). The molecule has 0 bridgehead atoms. The van der Waals surface area contributed by atoms with Crippen LogP contribution < -0.4 is 10.2 Å². The Morgan fingerprint density at radius 2 is 2.00 bits per heavy atom. The molecule has 0 aliphatic carbocycles. The summed E-state index contributed by atoms with van der Waals surface area (Å²) in [6, 6.07) is 16.0. The third-order valence-corrected chi connectivity index (χ3v) is 6.55. The van der Waals surface area contributed by atoms with Crippen molar-refractivity contribution in [3.63, 3.8) is 0 Å². The molecule has 0 saturated carbocycles. The third-order valence-electron chi connectivity index (χ3n) is 5.67. The van der Waals surface area contributed by atoms with Crippen LogP contribution in [0.5, 0.6) is 0 Å². The first-order valence-electron chi connectivity index (χ1n) is 10.5. The molecular formula is C24H23N5OS. The minimum atomic E-state index is -0.111. The molecule has 1 aromatic carbocycles. The highest BCUT2D eigenvalue weighted by Crippen LogP contribution is 2.38. The van der Waals surface area contributed by atoms with E-state index in [4.69, 9.17) is 0 Å². The quantitative estimate of drug-likeness (QED) is 0.499. The topological polar surface area (TPSA) is 71.0 Å². The highest BCUT2D eigenvalue weighted by Gasteiger charge is 2.28. The first-order chi connectivity index (χ1) is 15.2. The van der Waals surface area contributed by atoms with Crippen molar-refractivity contribution in [1.82, 2.24) is 15.0 Å². The molecule has 4 aromatic rings. The fourth-order valence-electron chi connectivity index (χ4n) is 4.15. The molecule has 3 aromatic heterocycles. The van der Waals surface area contributed by atoms with Crippen molar-refractivity contribution >= 4 is 39.1 Å². The van der Waals surface area contributed by atoms with E-state index in [0.717, 1.165) is 52.2 Å². The number of amides is 1. The number of rotatable bonds is 4. The summed E-state index contributed by atoms with van der Waals surface area (Å²) in [4.78, 5) is 29.7. The number of nitrogens with one attached hydrogen (secondary N) is 1. The number of thiophene rings is 1. The van der Waals surface area contributed by atoms with Gasteiger partial charge in [0.2, 0.25) is 5.91 Å². The molecule has 31 heavy (non-hydrogen) atoms. The first kappa shape index (κ1) is 19.6. The number of nitrogens with zero attached hydrogens (tertiary/aromatic N) is 4. The monoisotopic (exact) mass is 429 g/mol. The molecule has 1 fully saturated rings. The highest BCUT2D eigenvalue weighted by atomic mass is 32.1. The van der Waals surface area contributed by atoms with E-state index in [-0.39, 0.29) is 11.8 Å². The molecule has 1 amide bonds. The summed E-state index contributed by atoms with van der Waals surface area (Å²) in [5.41, 5.74) is 3.19. The van der Waals surface area contributed by atoms with E-state index in [2.05, 4.69) is 42.7 Å². The molecule has 1 atom stereocenters. The number of piperidine rings is 1. The number of hydrogen-bond acceptors (Lipinski definition) is 6. The van der Waals surface area contributed by atoms with Crippen LogP contribution in [0, 0.1) is 12.8 Å². The number of hydrogen-bond donors (Lipinski definition) is 1. The summed E-state index contributed by atoms with van der Waals surface area (Å²) in [5, 5.41) is 6.20. The number of fused-ring (bicyclic) bond motifs is 1. The Kier molecular flexibility index (Phi) is 5.34. The molecule has 156 valence electrons. The summed E-state index contributed by atoms with van der Waals surface area (Å²) >= 11 is 1.63. The van der Waals surface area contributed by atoms with Gasteiger partial charge in [0.1, 0.15) is 22.8 Å². The lowest BCUT2D eigenvalue weighted by atomic mass is 9.96. The fraction of sp³-hybridized carbons (Fsp3) is 0.250. The van der Waals surface area contributed by atoms with Crippen molar-refractivity contribution in [3.8, 4) is 11.1 Å². The van der Waals surface area contributed by atoms with Crippen molar-refractivity contribution in [2.45, 2.75) is 19.8 Å². The third kappa shape index (κ3) is 4.01. The van der Waals surface area contributed by atoms with Gasteiger partial charge in [-0.15, -0.1) is 11.3 Å². The van der Waals surface area contributed by atoms with E-state index < -0.39 is 0 Å². The minimum Gasteiger partial charge on any atom is -0.355 e. The van der Waals surface area contributed by atoms with Gasteiger partial charge in [-0.2, -0.15) is 0 Å². The summed E-state index contributed by atoms with van der Waals surface area (Å²) < 4.78 is 0. The second-order valence-corrected chi connectivity index (χ2v) is 8.69. The van der Waals surface area contributed by atoms with E-state index in [1.807, 2.05) is 43.3 Å². The van der Waals surface area contributed by atoms with Crippen LogP contribution >= 0.6 is 11.3 Å². The SMILES string of the molecule is Cc1cccc(NC(=O)C2CCCN(c3ncnc4scc(-c5ccccc5)c34)C2)n1. The molecule has 1 saturated heterocycles. The van der Waals surface area contributed by atoms with E-state index in [9.17, 15) is 4.79 Å². The van der Waals surface area contributed by atoms with Gasteiger partial charge in [0.05, 0.1) is 11.3 Å². The van der Waals surface area contributed by atoms with Gasteiger partial charge < -0.3 is 10.2 Å². The van der Waals surface area contributed by atoms with Crippen LogP contribution in [0.1, 0.15) is 18.5 Å². The normalized spacial score (nSPS) is 16.4. The van der Waals surface area contributed by atoms with Crippen molar-refractivity contribution in [2.24, 2.45) is 5.92 Å². The lowest BCUT2D eigenvalue weighted by molar-refractivity contribution is -0.120. The Morgan fingerprint density at radius 3 is 2.84 bits per heavy atom. The standard InChI is InChI=1S/C24H23N5OS/c1-16-7-5-11-20(27-16)28-23(30)18-10-6-12-29(13-18)22-21-19(17-8-3-2-4-9-17)14-31-24(21)26-15-25-22/h2-5,7-9,11,14-15,18H,6,10,12-13H2,1H3,(H,27,28,30). The fourth-order valence-corrected chi connectivity index (χ4v) is 5.06. The molecule has 1 aliphatic heterocycles. The van der Waals surface area contributed by atoms with Crippen LogP contribution in [-0.4, -0.2) is 33.9 Å². The van der Waals surface area contributed by atoms with Gasteiger partial charge in [0.15, 0.2) is 0 Å². The number of carbonyl (C=O) groups excluding carboxylic acids is 1. The maximum absolute atomic E-state index is 12.9. The number of benzene rings is 1. The van der Waals surface area contributed by atoms with Gasteiger partial charge in [-0.05, 0) is 37.5 Å². The Bertz CT molecular complexity index is 1220. The zero-order valence-corrected chi connectivity index (χ0v) is 18.1. The van der Waals surface area contributed by atoms with E-state index in [1.54, 1.807) is 17.7 Å². The average Bonchev–Trinajstić information content (AvgIpc) is 3.24. The maximum atomic E-state index is 12.9. The second kappa shape index (κ2) is 8.43. The van der Waals surface area contributed by atoms with Gasteiger partial charge in [-0.25, -0.2) is 15.0 Å². The van der Waals surface area contributed by atoms with Crippen LogP contribution in [0.25, 0.3) is 21.3 Å². The van der Waals surface area contributed by atoms with Gasteiger partial charge in [0, 0.05) is 29.7 Å². The maximum Gasteiger partial charge on any atom is 0.230 e. The summed E-state index contributed by atoms with van der Waals surface area (Å²) in [6.07, 6.45) is 3.43. The van der Waals surface area contributed by atoms with Crippen LogP contribution in [0.15, 0.2) is 60.2 Å². The van der Waals surface area contributed by atoms with Crippen molar-refractivity contribution < 1.29 is 4.79 Å². The predicted octanol–water partition coefficient (Wildman–Crippen LogP) is 4.92. The molecule has 4 heterocycles. The molecule has 7 heteroatoms. The molecule has 0 radical (unpaired) electrons. The van der Waals surface area contributed by atoms with E-state index >= 15 is 0 Å². The molecule has 0 spiro atoms. The number of aromatic nitrogens is 3. The zero-order valence-electron chi connectivity index (χ0n) is 17.3. The summed E-state index contributed by atoms with van der Waals surface area (Å²) in [5.74, 6) is 1.42. The number of anilines is 2. The number of pyridine rings is 1.